The molecule has 0 N–H and O–H groups in total. The number of ether oxygens (including phenoxy) is 1. The van der Waals surface area contributed by atoms with Crippen LogP contribution in [0.1, 0.15) is 10.4 Å². The Hall–Kier alpha value is -2.23. The summed E-state index contributed by atoms with van der Waals surface area (Å²) in [7, 11) is 1.26. The SMILES string of the molecule is COC(=O)c1cc(F)ccc1-c1cccnc1. The largest absolute Gasteiger partial charge is 0.465 e. The van der Waals surface area contributed by atoms with E-state index >= 15 is 0 Å². The van der Waals surface area contributed by atoms with Crippen molar-refractivity contribution in [1.82, 2.24) is 4.98 Å². The molecule has 0 aliphatic heterocycles. The molecule has 0 atom stereocenters. The molecule has 1 heterocycles. The van der Waals surface area contributed by atoms with Gasteiger partial charge >= 0.3 is 5.97 Å². The van der Waals surface area contributed by atoms with Crippen LogP contribution in [0.25, 0.3) is 11.1 Å². The normalized spacial score (nSPS) is 10.0. The second kappa shape index (κ2) is 4.74. The predicted octanol–water partition coefficient (Wildman–Crippen LogP) is 2.67. The molecule has 0 spiro atoms. The van der Waals surface area contributed by atoms with Crippen molar-refractivity contribution >= 4 is 5.97 Å². The monoisotopic (exact) mass is 231 g/mol. The van der Waals surface area contributed by atoms with Crippen LogP contribution in [0.5, 0.6) is 0 Å². The van der Waals surface area contributed by atoms with Crippen LogP contribution < -0.4 is 0 Å². The number of halogens is 1. The van der Waals surface area contributed by atoms with Gasteiger partial charge in [0.1, 0.15) is 5.82 Å². The van der Waals surface area contributed by atoms with Gasteiger partial charge in [-0.05, 0) is 23.8 Å². The fourth-order valence-corrected chi connectivity index (χ4v) is 1.57. The van der Waals surface area contributed by atoms with Crippen molar-refractivity contribution in [3.05, 3.63) is 54.1 Å². The van der Waals surface area contributed by atoms with E-state index in [1.807, 2.05) is 0 Å². The van der Waals surface area contributed by atoms with Gasteiger partial charge in [-0.3, -0.25) is 4.98 Å². The van der Waals surface area contributed by atoms with Gasteiger partial charge in [0.15, 0.2) is 0 Å². The summed E-state index contributed by atoms with van der Waals surface area (Å²) in [4.78, 5) is 15.5. The highest BCUT2D eigenvalue weighted by Crippen LogP contribution is 2.24. The Balaban J connectivity index is 2.58. The quantitative estimate of drug-likeness (QED) is 0.746. The lowest BCUT2D eigenvalue weighted by Gasteiger charge is -2.07. The molecule has 86 valence electrons. The minimum atomic E-state index is -0.566. The number of hydrogen-bond donors (Lipinski definition) is 0. The molecule has 0 aliphatic rings. The van der Waals surface area contributed by atoms with Crippen molar-refractivity contribution in [2.24, 2.45) is 0 Å². The third-order valence-electron chi connectivity index (χ3n) is 2.36. The van der Waals surface area contributed by atoms with Gasteiger partial charge < -0.3 is 4.74 Å². The minimum Gasteiger partial charge on any atom is -0.465 e. The van der Waals surface area contributed by atoms with Crippen LogP contribution in [0, 0.1) is 5.82 Å². The Bertz CT molecular complexity index is 540. The number of aromatic nitrogens is 1. The maximum atomic E-state index is 13.1. The third-order valence-corrected chi connectivity index (χ3v) is 2.36. The van der Waals surface area contributed by atoms with Gasteiger partial charge in [-0.25, -0.2) is 9.18 Å². The van der Waals surface area contributed by atoms with Gasteiger partial charge in [0.2, 0.25) is 0 Å². The molecule has 0 saturated heterocycles. The highest BCUT2D eigenvalue weighted by atomic mass is 19.1. The van der Waals surface area contributed by atoms with E-state index in [-0.39, 0.29) is 5.56 Å². The first-order valence-electron chi connectivity index (χ1n) is 5.00. The average Bonchev–Trinajstić information content (AvgIpc) is 2.38. The second-order valence-electron chi connectivity index (χ2n) is 3.42. The van der Waals surface area contributed by atoms with Crippen molar-refractivity contribution in [1.29, 1.82) is 0 Å². The van der Waals surface area contributed by atoms with Crippen LogP contribution in [-0.4, -0.2) is 18.1 Å². The molecule has 1 aromatic carbocycles. The summed E-state index contributed by atoms with van der Waals surface area (Å²) < 4.78 is 17.8. The molecule has 2 aromatic rings. The van der Waals surface area contributed by atoms with Crippen LogP contribution >= 0.6 is 0 Å². The number of carbonyl (C=O) groups excluding carboxylic acids is 1. The van der Waals surface area contributed by atoms with E-state index in [0.717, 1.165) is 11.6 Å². The Morgan fingerprint density at radius 2 is 2.18 bits per heavy atom. The zero-order valence-electron chi connectivity index (χ0n) is 9.18. The van der Waals surface area contributed by atoms with E-state index in [4.69, 9.17) is 0 Å². The highest BCUT2D eigenvalue weighted by Gasteiger charge is 2.14. The second-order valence-corrected chi connectivity index (χ2v) is 3.42. The number of pyridine rings is 1. The number of hydrogen-bond acceptors (Lipinski definition) is 3. The summed E-state index contributed by atoms with van der Waals surface area (Å²) in [6.45, 7) is 0. The molecule has 17 heavy (non-hydrogen) atoms. The van der Waals surface area contributed by atoms with Gasteiger partial charge in [0.05, 0.1) is 12.7 Å². The number of methoxy groups -OCH3 is 1. The summed E-state index contributed by atoms with van der Waals surface area (Å²) >= 11 is 0. The van der Waals surface area contributed by atoms with Crippen molar-refractivity contribution in [2.45, 2.75) is 0 Å². The van der Waals surface area contributed by atoms with E-state index in [0.29, 0.717) is 5.56 Å². The van der Waals surface area contributed by atoms with Crippen LogP contribution in [-0.2, 0) is 4.74 Å². The lowest BCUT2D eigenvalue weighted by molar-refractivity contribution is 0.0601. The Morgan fingerprint density at radius 1 is 1.35 bits per heavy atom. The smallest absolute Gasteiger partial charge is 0.338 e. The van der Waals surface area contributed by atoms with Crippen molar-refractivity contribution in [2.75, 3.05) is 7.11 Å². The van der Waals surface area contributed by atoms with Crippen LogP contribution in [0.4, 0.5) is 4.39 Å². The predicted molar refractivity (Wildman–Crippen MR) is 61.0 cm³/mol. The maximum Gasteiger partial charge on any atom is 0.338 e. The molecule has 0 bridgehead atoms. The summed E-state index contributed by atoms with van der Waals surface area (Å²) in [5.74, 6) is -1.04. The molecule has 0 aliphatic carbocycles. The maximum absolute atomic E-state index is 13.1. The van der Waals surface area contributed by atoms with E-state index in [1.165, 1.54) is 13.2 Å². The number of nitrogens with zero attached hydrogens (tertiary/aromatic N) is 1. The van der Waals surface area contributed by atoms with E-state index in [1.54, 1.807) is 30.6 Å². The van der Waals surface area contributed by atoms with Crippen molar-refractivity contribution < 1.29 is 13.9 Å². The fraction of sp³-hybridized carbons (Fsp3) is 0.0769. The first-order valence-corrected chi connectivity index (χ1v) is 5.00. The molecule has 0 saturated carbocycles. The molecule has 0 fully saturated rings. The van der Waals surface area contributed by atoms with Crippen LogP contribution in [0.2, 0.25) is 0 Å². The van der Waals surface area contributed by atoms with Gasteiger partial charge in [0, 0.05) is 18.0 Å². The Labute approximate surface area is 97.9 Å². The topological polar surface area (TPSA) is 39.2 Å². The molecule has 1 aromatic heterocycles. The number of benzene rings is 1. The Morgan fingerprint density at radius 3 is 2.82 bits per heavy atom. The molecule has 4 heteroatoms. The zero-order chi connectivity index (χ0) is 12.3. The number of esters is 1. The van der Waals surface area contributed by atoms with Gasteiger partial charge in [-0.1, -0.05) is 12.1 Å². The molecular weight excluding hydrogens is 221 g/mol. The molecule has 0 unspecified atom stereocenters. The third kappa shape index (κ3) is 2.30. The Kier molecular flexibility index (Phi) is 3.14. The summed E-state index contributed by atoms with van der Waals surface area (Å²) in [5, 5.41) is 0. The average molecular weight is 231 g/mol. The molecular formula is C13H10FNO2. The van der Waals surface area contributed by atoms with Crippen LogP contribution in [0.3, 0.4) is 0 Å². The van der Waals surface area contributed by atoms with E-state index in [9.17, 15) is 9.18 Å². The molecule has 0 amide bonds. The summed E-state index contributed by atoms with van der Waals surface area (Å²) in [6.07, 6.45) is 3.24. The minimum absolute atomic E-state index is 0.195. The molecule has 2 rings (SSSR count). The number of carbonyl (C=O) groups is 1. The zero-order valence-corrected chi connectivity index (χ0v) is 9.18. The van der Waals surface area contributed by atoms with E-state index in [2.05, 4.69) is 9.72 Å². The van der Waals surface area contributed by atoms with Crippen molar-refractivity contribution in [3.63, 3.8) is 0 Å². The van der Waals surface area contributed by atoms with Gasteiger partial charge in [0.25, 0.3) is 0 Å². The summed E-state index contributed by atoms with van der Waals surface area (Å²) in [6, 6.07) is 7.55. The van der Waals surface area contributed by atoms with Crippen LogP contribution in [0.15, 0.2) is 42.7 Å². The lowest BCUT2D eigenvalue weighted by Crippen LogP contribution is -2.04. The van der Waals surface area contributed by atoms with Crippen molar-refractivity contribution in [3.8, 4) is 11.1 Å². The molecule has 3 nitrogen and oxygen atoms in total. The standard InChI is InChI=1S/C13H10FNO2/c1-17-13(16)12-7-10(14)4-5-11(12)9-3-2-6-15-8-9/h2-8H,1H3. The number of rotatable bonds is 2. The first kappa shape index (κ1) is 11.3. The van der Waals surface area contributed by atoms with Gasteiger partial charge in [-0.15, -0.1) is 0 Å². The van der Waals surface area contributed by atoms with Gasteiger partial charge in [-0.2, -0.15) is 0 Å². The lowest BCUT2D eigenvalue weighted by atomic mass is 10.0. The first-order chi connectivity index (χ1) is 8.22. The molecule has 0 radical (unpaired) electrons. The highest BCUT2D eigenvalue weighted by molar-refractivity contribution is 5.97. The fourth-order valence-electron chi connectivity index (χ4n) is 1.57. The summed E-state index contributed by atoms with van der Waals surface area (Å²) in [5.41, 5.74) is 1.54. The van der Waals surface area contributed by atoms with E-state index < -0.39 is 11.8 Å².